The molecule has 0 saturated heterocycles. The predicted octanol–water partition coefficient (Wildman–Crippen LogP) is 1.93. The monoisotopic (exact) mass is 324 g/mol. The number of pyridine rings is 1. The average Bonchev–Trinajstić information content (AvgIpc) is 2.42. The van der Waals surface area contributed by atoms with Crippen molar-refractivity contribution in [2.75, 3.05) is 12.8 Å². The molecule has 7 heteroatoms. The van der Waals surface area contributed by atoms with Crippen molar-refractivity contribution in [1.29, 1.82) is 0 Å². The molecule has 0 atom stereocenters. The van der Waals surface area contributed by atoms with Gasteiger partial charge in [-0.15, -0.1) is 0 Å². The molecule has 0 unspecified atom stereocenters. The maximum absolute atomic E-state index is 13.2. The lowest BCUT2D eigenvalue weighted by Crippen LogP contribution is -2.43. The lowest BCUT2D eigenvalue weighted by molar-refractivity contribution is 0.0945. The Labute approximate surface area is 128 Å². The second kappa shape index (κ2) is 5.64. The van der Waals surface area contributed by atoms with Crippen LogP contribution < -0.4 is 5.32 Å². The minimum absolute atomic E-state index is 0.0342. The first-order chi connectivity index (χ1) is 10.1. The summed E-state index contributed by atoms with van der Waals surface area (Å²) in [7, 11) is -3.31. The van der Waals surface area contributed by atoms with Gasteiger partial charge in [-0.25, -0.2) is 12.8 Å². The predicted molar refractivity (Wildman–Crippen MR) is 83.0 cm³/mol. The largest absolute Gasteiger partial charge is 0.349 e. The van der Waals surface area contributed by atoms with E-state index in [0.717, 1.165) is 11.6 Å². The minimum atomic E-state index is -3.31. The van der Waals surface area contributed by atoms with E-state index in [4.69, 9.17) is 0 Å². The molecule has 1 aromatic carbocycles. The molecular formula is C15H17FN2O3S. The number of benzene rings is 1. The summed E-state index contributed by atoms with van der Waals surface area (Å²) in [5.74, 6) is -0.897. The molecule has 5 nitrogen and oxygen atoms in total. The fraction of sp³-hybridized carbons (Fsp3) is 0.333. The van der Waals surface area contributed by atoms with E-state index in [0.29, 0.717) is 5.39 Å². The highest BCUT2D eigenvalue weighted by Gasteiger charge is 2.30. The molecule has 0 fully saturated rings. The lowest BCUT2D eigenvalue weighted by atomic mass is 10.1. The third-order valence-corrected chi connectivity index (χ3v) is 5.75. The zero-order chi connectivity index (χ0) is 16.5. The van der Waals surface area contributed by atoms with Crippen molar-refractivity contribution in [2.24, 2.45) is 0 Å². The number of aromatic nitrogens is 1. The summed E-state index contributed by atoms with van der Waals surface area (Å²) in [6.45, 7) is 3.03. The van der Waals surface area contributed by atoms with Crippen LogP contribution in [0.15, 0.2) is 30.5 Å². The highest BCUT2D eigenvalue weighted by Crippen LogP contribution is 2.16. The molecule has 118 valence electrons. The first kappa shape index (κ1) is 16.4. The minimum Gasteiger partial charge on any atom is -0.349 e. The average molecular weight is 324 g/mol. The van der Waals surface area contributed by atoms with Crippen molar-refractivity contribution in [3.63, 3.8) is 0 Å². The van der Waals surface area contributed by atoms with Crippen LogP contribution in [-0.4, -0.2) is 36.9 Å². The second-order valence-electron chi connectivity index (χ2n) is 5.78. The van der Waals surface area contributed by atoms with E-state index in [-0.39, 0.29) is 12.2 Å². The highest BCUT2D eigenvalue weighted by molar-refractivity contribution is 7.92. The third kappa shape index (κ3) is 3.41. The van der Waals surface area contributed by atoms with Crippen LogP contribution in [0.1, 0.15) is 24.3 Å². The van der Waals surface area contributed by atoms with Crippen LogP contribution in [-0.2, 0) is 9.84 Å². The number of hydrogen-bond donors (Lipinski definition) is 1. The van der Waals surface area contributed by atoms with Gasteiger partial charge in [-0.1, -0.05) is 0 Å². The first-order valence-corrected chi connectivity index (χ1v) is 8.52. The fourth-order valence-corrected chi connectivity index (χ4v) is 2.09. The van der Waals surface area contributed by atoms with Gasteiger partial charge in [-0.2, -0.15) is 0 Å². The van der Waals surface area contributed by atoms with E-state index in [2.05, 4.69) is 10.3 Å². The van der Waals surface area contributed by atoms with Crippen LogP contribution in [0, 0.1) is 5.82 Å². The summed E-state index contributed by atoms with van der Waals surface area (Å²) in [5, 5.41) is 3.83. The fourth-order valence-electron chi connectivity index (χ4n) is 1.75. The molecule has 1 N–H and O–H groups in total. The Morgan fingerprint density at radius 3 is 2.59 bits per heavy atom. The number of carbonyl (C=O) groups is 1. The molecular weight excluding hydrogens is 307 g/mol. The number of fused-ring (bicyclic) bond motifs is 1. The first-order valence-electron chi connectivity index (χ1n) is 6.63. The normalized spacial score (nSPS) is 12.4. The summed E-state index contributed by atoms with van der Waals surface area (Å²) < 4.78 is 35.4. The summed E-state index contributed by atoms with van der Waals surface area (Å²) in [6, 6.07) is 5.68. The third-order valence-electron chi connectivity index (χ3n) is 3.59. The van der Waals surface area contributed by atoms with Gasteiger partial charge in [0.05, 0.1) is 4.75 Å². The van der Waals surface area contributed by atoms with Crippen LogP contribution in [0.4, 0.5) is 4.39 Å². The number of sulfone groups is 1. The van der Waals surface area contributed by atoms with E-state index in [1.165, 1.54) is 38.2 Å². The second-order valence-corrected chi connectivity index (χ2v) is 8.43. The highest BCUT2D eigenvalue weighted by atomic mass is 32.2. The van der Waals surface area contributed by atoms with E-state index in [1.807, 2.05) is 0 Å². The van der Waals surface area contributed by atoms with E-state index < -0.39 is 26.3 Å². The van der Waals surface area contributed by atoms with Crippen molar-refractivity contribution < 1.29 is 17.6 Å². The Morgan fingerprint density at radius 2 is 1.95 bits per heavy atom. The zero-order valence-electron chi connectivity index (χ0n) is 12.6. The quantitative estimate of drug-likeness (QED) is 0.932. The number of nitrogens with one attached hydrogen (secondary N) is 1. The topological polar surface area (TPSA) is 76.1 Å². The number of carbonyl (C=O) groups excluding carboxylic acids is 1. The Kier molecular flexibility index (Phi) is 4.19. The van der Waals surface area contributed by atoms with Crippen molar-refractivity contribution >= 4 is 26.5 Å². The maximum atomic E-state index is 13.2. The van der Waals surface area contributed by atoms with E-state index in [9.17, 15) is 17.6 Å². The summed E-state index contributed by atoms with van der Waals surface area (Å²) >= 11 is 0. The smallest absolute Gasteiger partial charge is 0.269 e. The summed E-state index contributed by atoms with van der Waals surface area (Å²) in [4.78, 5) is 16.1. The summed E-state index contributed by atoms with van der Waals surface area (Å²) in [6.07, 6.45) is 2.60. The van der Waals surface area contributed by atoms with Gasteiger partial charge in [0.1, 0.15) is 11.5 Å². The zero-order valence-corrected chi connectivity index (χ0v) is 13.4. The number of hydrogen-bond acceptors (Lipinski definition) is 4. The number of amides is 1. The van der Waals surface area contributed by atoms with Gasteiger partial charge >= 0.3 is 0 Å². The van der Waals surface area contributed by atoms with Crippen LogP contribution in [0.5, 0.6) is 0 Å². The SMILES string of the molecule is CC(C)(CNC(=O)c1cc2cc(F)ccc2cn1)S(C)(=O)=O. The molecule has 0 aliphatic heterocycles. The molecule has 1 amide bonds. The molecule has 0 spiro atoms. The van der Waals surface area contributed by atoms with Crippen LogP contribution in [0.2, 0.25) is 0 Å². The van der Waals surface area contributed by atoms with Gasteiger partial charge in [0.2, 0.25) is 0 Å². The summed E-state index contributed by atoms with van der Waals surface area (Å²) in [5.41, 5.74) is 0.113. The van der Waals surface area contributed by atoms with Gasteiger partial charge in [0.25, 0.3) is 5.91 Å². The van der Waals surface area contributed by atoms with Crippen molar-refractivity contribution in [3.8, 4) is 0 Å². The van der Waals surface area contributed by atoms with Gasteiger partial charge in [0, 0.05) is 24.4 Å². The van der Waals surface area contributed by atoms with Crippen molar-refractivity contribution in [2.45, 2.75) is 18.6 Å². The lowest BCUT2D eigenvalue weighted by Gasteiger charge is -2.22. The van der Waals surface area contributed by atoms with Crippen LogP contribution in [0.3, 0.4) is 0 Å². The molecule has 2 aromatic rings. The standard InChI is InChI=1S/C15H17FN2O3S/c1-15(2,22(3,20)21)9-18-14(19)13-7-11-6-12(16)5-4-10(11)8-17-13/h4-8H,9H2,1-3H3,(H,18,19). The van der Waals surface area contributed by atoms with Crippen molar-refractivity contribution in [1.82, 2.24) is 10.3 Å². The van der Waals surface area contributed by atoms with Gasteiger partial charge in [-0.3, -0.25) is 9.78 Å². The van der Waals surface area contributed by atoms with Gasteiger partial charge < -0.3 is 5.32 Å². The molecule has 0 radical (unpaired) electrons. The molecule has 0 aliphatic carbocycles. The Hall–Kier alpha value is -2.02. The number of nitrogens with zero attached hydrogens (tertiary/aromatic N) is 1. The van der Waals surface area contributed by atoms with E-state index in [1.54, 1.807) is 6.07 Å². The van der Waals surface area contributed by atoms with Crippen LogP contribution in [0.25, 0.3) is 10.8 Å². The molecule has 0 aliphatic rings. The van der Waals surface area contributed by atoms with E-state index >= 15 is 0 Å². The number of halogens is 1. The molecule has 2 rings (SSSR count). The number of rotatable bonds is 4. The molecule has 1 heterocycles. The van der Waals surface area contributed by atoms with Gasteiger partial charge in [0.15, 0.2) is 9.84 Å². The molecule has 0 bridgehead atoms. The Morgan fingerprint density at radius 1 is 1.27 bits per heavy atom. The van der Waals surface area contributed by atoms with Crippen LogP contribution >= 0.6 is 0 Å². The molecule has 0 saturated carbocycles. The van der Waals surface area contributed by atoms with Crippen molar-refractivity contribution in [3.05, 3.63) is 42.0 Å². The Balaban J connectivity index is 2.20. The molecule has 1 aromatic heterocycles. The maximum Gasteiger partial charge on any atom is 0.269 e. The van der Waals surface area contributed by atoms with Gasteiger partial charge in [-0.05, 0) is 43.5 Å². The Bertz CT molecular complexity index is 832. The molecule has 22 heavy (non-hydrogen) atoms.